The van der Waals surface area contributed by atoms with Gasteiger partial charge < -0.3 is 11.3 Å². The molecule has 4 rings (SSSR count). The van der Waals surface area contributed by atoms with Gasteiger partial charge in [-0.1, -0.05) is 24.3 Å². The number of carbonyl (C=O) groups is 1. The first kappa shape index (κ1) is 29.0. The van der Waals surface area contributed by atoms with Crippen LogP contribution >= 0.6 is 11.3 Å². The number of aliphatic carboxylic acids is 1. The molecular weight excluding hydrogens is 524 g/mol. The minimum Gasteiger partial charge on any atom is -1.00 e. The normalized spacial score (nSPS) is 13.0. The third-order valence-corrected chi connectivity index (χ3v) is 9.09. The Balaban J connectivity index is 0.00000241. The van der Waals surface area contributed by atoms with Gasteiger partial charge in [-0.15, -0.1) is 11.3 Å². The Morgan fingerprint density at radius 2 is 1.89 bits per heavy atom. The van der Waals surface area contributed by atoms with Gasteiger partial charge >= 0.3 is 57.4 Å². The molecule has 0 saturated heterocycles. The summed E-state index contributed by atoms with van der Waals surface area (Å²) in [7, 11) is -3.87. The molecule has 1 aliphatic carbocycles. The molecule has 0 saturated carbocycles. The Morgan fingerprint density at radius 3 is 2.47 bits per heavy atom. The number of fused-ring (bicyclic) bond motifs is 1. The zero-order valence-corrected chi connectivity index (χ0v) is 25.6. The second-order valence-electron chi connectivity index (χ2n) is 8.79. The molecular formula is C26H29KN2O5S2. The molecule has 0 radical (unpaired) electrons. The second-order valence-corrected chi connectivity index (χ2v) is 11.6. The topological polar surface area (TPSA) is 96.8 Å². The van der Waals surface area contributed by atoms with Crippen LogP contribution in [0.2, 0.25) is 0 Å². The molecule has 0 amide bonds. The first-order valence-corrected chi connectivity index (χ1v) is 13.7. The average Bonchev–Trinajstić information content (AvgIpc) is 3.45. The van der Waals surface area contributed by atoms with Crippen LogP contribution in [-0.4, -0.2) is 30.5 Å². The number of aromatic nitrogens is 1. The Kier molecular flexibility index (Phi) is 9.95. The molecule has 7 nitrogen and oxygen atoms in total. The number of rotatable bonds is 9. The Bertz CT molecular complexity index is 1370. The quantitative estimate of drug-likeness (QED) is 0.323. The Morgan fingerprint density at radius 1 is 1.22 bits per heavy atom. The first-order valence-electron chi connectivity index (χ1n) is 11.4. The van der Waals surface area contributed by atoms with E-state index in [-0.39, 0.29) is 69.8 Å². The molecule has 0 bridgehead atoms. The van der Waals surface area contributed by atoms with E-state index in [9.17, 15) is 13.2 Å². The predicted molar refractivity (Wildman–Crippen MR) is 139 cm³/mol. The molecule has 1 aromatic heterocycles. The molecule has 2 aromatic carbocycles. The number of sulfonamides is 1. The van der Waals surface area contributed by atoms with Crippen molar-refractivity contribution < 1.29 is 75.9 Å². The van der Waals surface area contributed by atoms with Crippen molar-refractivity contribution in [1.29, 1.82) is 0 Å². The van der Waals surface area contributed by atoms with Crippen molar-refractivity contribution in [3.8, 4) is 5.75 Å². The average molecular weight is 553 g/mol. The number of anilines is 1. The standard InChI is InChI=1S/C26H28N2O5S2.K.H/c1-17(2)28(35(31,32)26-27-18(3)16-34-26)23-13-21-5-4-6-22(21)14-24(23)33-15-20-9-7-19(8-10-20)11-12-25(29)30;;/h7-14,16-17H,4-6,15H2,1-3H3,(H,29,30);;/q;+1;-1/b12-11+;;. The largest absolute Gasteiger partial charge is 1.00 e. The zero-order chi connectivity index (χ0) is 25.2. The fourth-order valence-corrected chi connectivity index (χ4v) is 6.93. The molecule has 0 spiro atoms. The van der Waals surface area contributed by atoms with Crippen molar-refractivity contribution in [1.82, 2.24) is 4.98 Å². The number of ether oxygens (including phenoxy) is 1. The van der Waals surface area contributed by atoms with Crippen LogP contribution in [0.1, 0.15) is 49.6 Å². The monoisotopic (exact) mass is 552 g/mol. The summed E-state index contributed by atoms with van der Waals surface area (Å²) in [6, 6.07) is 10.9. The summed E-state index contributed by atoms with van der Waals surface area (Å²) in [6.45, 7) is 5.72. The predicted octanol–water partition coefficient (Wildman–Crippen LogP) is 2.34. The van der Waals surface area contributed by atoms with Gasteiger partial charge in [-0.25, -0.2) is 9.78 Å². The Labute approximate surface area is 260 Å². The fraction of sp³-hybridized carbons (Fsp3) is 0.308. The van der Waals surface area contributed by atoms with Gasteiger partial charge in [-0.2, -0.15) is 8.42 Å². The van der Waals surface area contributed by atoms with E-state index in [1.54, 1.807) is 12.3 Å². The summed E-state index contributed by atoms with van der Waals surface area (Å²) in [6.07, 6.45) is 5.50. The molecule has 1 heterocycles. The molecule has 36 heavy (non-hydrogen) atoms. The summed E-state index contributed by atoms with van der Waals surface area (Å²) < 4.78 is 35.0. The van der Waals surface area contributed by atoms with Crippen LogP contribution in [-0.2, 0) is 34.3 Å². The van der Waals surface area contributed by atoms with Crippen LogP contribution in [0.5, 0.6) is 5.75 Å². The maximum Gasteiger partial charge on any atom is 1.00 e. The molecule has 0 unspecified atom stereocenters. The van der Waals surface area contributed by atoms with Crippen LogP contribution in [0, 0.1) is 6.92 Å². The number of carboxylic acids is 1. The molecule has 0 fully saturated rings. The minimum atomic E-state index is -3.87. The van der Waals surface area contributed by atoms with Crippen molar-refractivity contribution in [2.45, 2.75) is 57.0 Å². The second kappa shape index (κ2) is 12.3. The van der Waals surface area contributed by atoms with Crippen LogP contribution in [0.15, 0.2) is 52.2 Å². The maximum atomic E-state index is 13.6. The summed E-state index contributed by atoms with van der Waals surface area (Å²) in [5.41, 5.74) is 5.18. The molecule has 0 aliphatic heterocycles. The van der Waals surface area contributed by atoms with Crippen LogP contribution in [0.25, 0.3) is 6.08 Å². The SMILES string of the molecule is Cc1csc(S(=O)(=O)N(c2cc3c(cc2OCc2ccc(/C=C/C(=O)O)cc2)CCC3)C(C)C)n1.[H-].[K+]. The summed E-state index contributed by atoms with van der Waals surface area (Å²) in [5, 5.41) is 10.5. The van der Waals surface area contributed by atoms with Crippen LogP contribution in [0.4, 0.5) is 5.69 Å². The van der Waals surface area contributed by atoms with E-state index in [1.165, 1.54) is 15.9 Å². The van der Waals surface area contributed by atoms with Crippen LogP contribution in [0.3, 0.4) is 0 Å². The fourth-order valence-electron chi connectivity index (χ4n) is 4.15. The molecule has 10 heteroatoms. The van der Waals surface area contributed by atoms with E-state index in [1.807, 2.05) is 50.2 Å². The number of thiazole rings is 1. The summed E-state index contributed by atoms with van der Waals surface area (Å²) in [5.74, 6) is -0.481. The number of nitrogens with zero attached hydrogens (tertiary/aromatic N) is 2. The number of hydrogen-bond donors (Lipinski definition) is 1. The van der Waals surface area contributed by atoms with Crippen molar-refractivity contribution >= 4 is 39.1 Å². The van der Waals surface area contributed by atoms with E-state index in [2.05, 4.69) is 4.98 Å². The Hall–Kier alpha value is -1.53. The number of hydrogen-bond acceptors (Lipinski definition) is 6. The third-order valence-electron chi connectivity index (χ3n) is 5.75. The minimum absolute atomic E-state index is 0. The van der Waals surface area contributed by atoms with Crippen LogP contribution < -0.4 is 60.4 Å². The van der Waals surface area contributed by atoms with Crippen molar-refractivity contribution in [2.75, 3.05) is 4.31 Å². The number of aryl methyl sites for hydroxylation is 3. The van der Waals surface area contributed by atoms with Gasteiger partial charge in [0.15, 0.2) is 0 Å². The van der Waals surface area contributed by atoms with E-state index >= 15 is 0 Å². The van der Waals surface area contributed by atoms with Gasteiger partial charge in [0.25, 0.3) is 10.0 Å². The van der Waals surface area contributed by atoms with Gasteiger partial charge in [-0.3, -0.25) is 4.31 Å². The third kappa shape index (κ3) is 6.66. The van der Waals surface area contributed by atoms with E-state index in [0.29, 0.717) is 17.1 Å². The van der Waals surface area contributed by atoms with Gasteiger partial charge in [0.2, 0.25) is 4.34 Å². The maximum absolute atomic E-state index is 13.6. The summed E-state index contributed by atoms with van der Waals surface area (Å²) >= 11 is 1.12. The van der Waals surface area contributed by atoms with E-state index < -0.39 is 16.0 Å². The van der Waals surface area contributed by atoms with E-state index in [0.717, 1.165) is 53.4 Å². The van der Waals surface area contributed by atoms with Gasteiger partial charge in [0.05, 0.1) is 5.69 Å². The van der Waals surface area contributed by atoms with Crippen molar-refractivity contribution in [2.24, 2.45) is 0 Å². The summed E-state index contributed by atoms with van der Waals surface area (Å²) in [4.78, 5) is 15.0. The van der Waals surface area contributed by atoms with Gasteiger partial charge in [0.1, 0.15) is 12.4 Å². The zero-order valence-electron chi connectivity index (χ0n) is 21.9. The smallest absolute Gasteiger partial charge is 1.00 e. The van der Waals surface area contributed by atoms with E-state index in [4.69, 9.17) is 9.84 Å². The number of benzene rings is 2. The molecule has 3 aromatic rings. The van der Waals surface area contributed by atoms with Crippen molar-refractivity contribution in [3.05, 3.63) is 75.8 Å². The number of carboxylic acid groups (broad SMARTS) is 1. The van der Waals surface area contributed by atoms with Crippen molar-refractivity contribution in [3.63, 3.8) is 0 Å². The van der Waals surface area contributed by atoms with Gasteiger partial charge in [-0.05, 0) is 80.5 Å². The molecule has 1 N–H and O–H groups in total. The molecule has 1 aliphatic rings. The molecule has 0 atom stereocenters. The molecule has 186 valence electrons. The first-order chi connectivity index (χ1) is 16.6. The van der Waals surface area contributed by atoms with Gasteiger partial charge in [0, 0.05) is 23.2 Å².